The molecule has 0 heterocycles. The summed E-state index contributed by atoms with van der Waals surface area (Å²) in [4.78, 5) is 13.6. The van der Waals surface area contributed by atoms with E-state index in [1.54, 1.807) is 18.2 Å². The Hall–Kier alpha value is -2.89. The number of hydrogen-bond acceptors (Lipinski definition) is 5. The van der Waals surface area contributed by atoms with Crippen molar-refractivity contribution in [3.63, 3.8) is 0 Å². The summed E-state index contributed by atoms with van der Waals surface area (Å²) in [5.41, 5.74) is -0.850. The first-order valence-electron chi connectivity index (χ1n) is 13.8. The largest absolute Gasteiger partial charge is 0.458 e. The average Bonchev–Trinajstić information content (AvgIpc) is 2.95. The van der Waals surface area contributed by atoms with Gasteiger partial charge in [0.2, 0.25) is 0 Å². The Kier molecular flexibility index (Phi) is 7.42. The molecular weight excluding hydrogens is 592 g/mol. The maximum atomic E-state index is 15.6. The molecule has 4 saturated carbocycles. The van der Waals surface area contributed by atoms with Crippen LogP contribution < -0.4 is 0 Å². The van der Waals surface area contributed by atoms with E-state index in [9.17, 15) is 22.0 Å². The fraction of sp³-hybridized carbons (Fsp3) is 0.387. The van der Waals surface area contributed by atoms with Crippen LogP contribution in [-0.2, 0) is 23.3 Å². The average molecular weight is 623 g/mol. The Morgan fingerprint density at radius 1 is 0.738 bits per heavy atom. The summed E-state index contributed by atoms with van der Waals surface area (Å²) in [5.74, 6) is -0.975. The Labute approximate surface area is 243 Å². The molecule has 0 spiro atoms. The first-order chi connectivity index (χ1) is 19.9. The Morgan fingerprint density at radius 3 is 1.62 bits per heavy atom. The van der Waals surface area contributed by atoms with Gasteiger partial charge in [-0.05, 0) is 127 Å². The minimum Gasteiger partial charge on any atom is -0.458 e. The van der Waals surface area contributed by atoms with E-state index < -0.39 is 55.3 Å². The summed E-state index contributed by atoms with van der Waals surface area (Å²) in [7, 11) is -9.32. The van der Waals surface area contributed by atoms with E-state index in [0.717, 1.165) is 43.5 Å². The third-order valence-electron chi connectivity index (χ3n) is 8.77. The molecule has 11 heteroatoms. The number of carbonyl (C=O) groups is 1. The van der Waals surface area contributed by atoms with Crippen LogP contribution in [-0.4, -0.2) is 26.2 Å². The van der Waals surface area contributed by atoms with Gasteiger partial charge in [-0.3, -0.25) is 4.79 Å². The molecule has 3 aromatic rings. The van der Waals surface area contributed by atoms with Crippen molar-refractivity contribution in [1.29, 1.82) is 0 Å². The second-order valence-electron chi connectivity index (χ2n) is 11.7. The zero-order valence-corrected chi connectivity index (χ0v) is 24.2. The number of rotatable bonds is 9. The second kappa shape index (κ2) is 10.7. The maximum Gasteiger partial charge on any atom is 0.403 e. The molecule has 0 radical (unpaired) electrons. The molecule has 0 amide bonds. The zero-order valence-electron chi connectivity index (χ0n) is 22.6. The van der Waals surface area contributed by atoms with E-state index >= 15 is 8.78 Å². The summed E-state index contributed by atoms with van der Waals surface area (Å²) in [6, 6.07) is 17.1. The van der Waals surface area contributed by atoms with Crippen LogP contribution in [0.25, 0.3) is 0 Å². The predicted octanol–water partition coefficient (Wildman–Crippen LogP) is 7.86. The molecule has 0 aromatic heterocycles. The molecule has 224 valence electrons. The lowest BCUT2D eigenvalue weighted by atomic mass is 9.49. The lowest BCUT2D eigenvalue weighted by Gasteiger charge is -2.55. The van der Waals surface area contributed by atoms with Gasteiger partial charge < -0.3 is 4.74 Å². The van der Waals surface area contributed by atoms with Crippen molar-refractivity contribution >= 4 is 26.4 Å². The van der Waals surface area contributed by atoms with Gasteiger partial charge in [-0.2, -0.15) is 17.2 Å². The highest BCUT2D eigenvalue weighted by atomic mass is 32.3. The molecule has 4 bridgehead atoms. The molecule has 4 aliphatic rings. The van der Waals surface area contributed by atoms with Gasteiger partial charge in [-0.15, -0.1) is 0 Å². The number of ether oxygens (including phenoxy) is 1. The Morgan fingerprint density at radius 2 is 1.17 bits per heavy atom. The van der Waals surface area contributed by atoms with Crippen LogP contribution >= 0.6 is 10.3 Å². The predicted molar refractivity (Wildman–Crippen MR) is 148 cm³/mol. The van der Waals surface area contributed by atoms with E-state index in [2.05, 4.69) is 0 Å². The molecule has 3 aromatic carbocycles. The molecule has 42 heavy (non-hydrogen) atoms. The number of esters is 1. The Bertz CT molecular complexity index is 1480. The third-order valence-corrected chi connectivity index (χ3v) is 14.0. The molecule has 5 nitrogen and oxygen atoms in total. The quantitative estimate of drug-likeness (QED) is 0.180. The van der Waals surface area contributed by atoms with Gasteiger partial charge in [-0.25, -0.2) is 12.4 Å². The smallest absolute Gasteiger partial charge is 0.403 e. The molecule has 4 fully saturated rings. The van der Waals surface area contributed by atoms with Crippen molar-refractivity contribution in [3.05, 3.63) is 90.5 Å². The SMILES string of the molecule is O=C(OCC(F)(F)S(=O)(=O)OS(c1ccccc1)(c1ccc(F)cc1)c1ccc(F)cc1)C12CC3CC(CC(C3)C1)C2. The van der Waals surface area contributed by atoms with E-state index in [1.807, 2.05) is 0 Å². The summed E-state index contributed by atoms with van der Waals surface area (Å²) >= 11 is 0. The van der Waals surface area contributed by atoms with Crippen LogP contribution in [0.1, 0.15) is 38.5 Å². The minimum atomic E-state index is -5.79. The summed E-state index contributed by atoms with van der Waals surface area (Å²) in [6.07, 6.45) is 4.81. The van der Waals surface area contributed by atoms with Crippen LogP contribution in [0.4, 0.5) is 17.6 Å². The van der Waals surface area contributed by atoms with Crippen molar-refractivity contribution in [2.75, 3.05) is 6.61 Å². The van der Waals surface area contributed by atoms with Crippen molar-refractivity contribution in [3.8, 4) is 0 Å². The van der Waals surface area contributed by atoms with E-state index in [0.29, 0.717) is 37.0 Å². The molecule has 7 rings (SSSR count). The zero-order chi connectivity index (χ0) is 29.8. The first kappa shape index (κ1) is 29.2. The van der Waals surface area contributed by atoms with E-state index in [1.165, 1.54) is 36.4 Å². The van der Waals surface area contributed by atoms with Crippen LogP contribution in [0.15, 0.2) is 93.5 Å². The fourth-order valence-corrected chi connectivity index (χ4v) is 12.3. The van der Waals surface area contributed by atoms with Gasteiger partial charge >= 0.3 is 21.3 Å². The maximum absolute atomic E-state index is 15.6. The van der Waals surface area contributed by atoms with Gasteiger partial charge in [0.05, 0.1) is 5.41 Å². The summed E-state index contributed by atoms with van der Waals surface area (Å²) < 4.78 is 96.8. The number of halogens is 4. The highest BCUT2D eigenvalue weighted by Crippen LogP contribution is 2.70. The lowest BCUT2D eigenvalue weighted by molar-refractivity contribution is -0.176. The van der Waals surface area contributed by atoms with Crippen LogP contribution in [0.2, 0.25) is 0 Å². The lowest BCUT2D eigenvalue weighted by Crippen LogP contribution is -2.51. The molecule has 4 aliphatic carbocycles. The molecule has 0 N–H and O–H groups in total. The van der Waals surface area contributed by atoms with E-state index in [-0.39, 0.29) is 14.7 Å². The topological polar surface area (TPSA) is 69.7 Å². The Balaban J connectivity index is 1.34. The fourth-order valence-electron chi connectivity index (χ4n) is 7.31. The first-order valence-corrected chi connectivity index (χ1v) is 16.8. The van der Waals surface area contributed by atoms with Gasteiger partial charge in [0.25, 0.3) is 0 Å². The summed E-state index contributed by atoms with van der Waals surface area (Å²) in [6.45, 7) is -1.70. The highest BCUT2D eigenvalue weighted by molar-refractivity contribution is 8.33. The minimum absolute atomic E-state index is 0.0895. The number of carbonyl (C=O) groups excluding carboxylic acids is 1. The number of hydrogen-bond donors (Lipinski definition) is 0. The highest BCUT2D eigenvalue weighted by Gasteiger charge is 2.57. The molecule has 0 aliphatic heterocycles. The van der Waals surface area contributed by atoms with Gasteiger partial charge in [0, 0.05) is 14.7 Å². The van der Waals surface area contributed by atoms with Crippen molar-refractivity contribution in [1.82, 2.24) is 0 Å². The van der Waals surface area contributed by atoms with E-state index in [4.69, 9.17) is 8.37 Å². The van der Waals surface area contributed by atoms with Crippen LogP contribution in [0.5, 0.6) is 0 Å². The molecule has 0 unspecified atom stereocenters. The second-order valence-corrected chi connectivity index (χ2v) is 16.3. The van der Waals surface area contributed by atoms with Crippen molar-refractivity contribution in [2.45, 2.75) is 58.5 Å². The van der Waals surface area contributed by atoms with Crippen LogP contribution in [0, 0.1) is 34.8 Å². The van der Waals surface area contributed by atoms with Gasteiger partial charge in [0.1, 0.15) is 11.6 Å². The monoisotopic (exact) mass is 622 g/mol. The van der Waals surface area contributed by atoms with Gasteiger partial charge in [-0.1, -0.05) is 18.2 Å². The van der Waals surface area contributed by atoms with Gasteiger partial charge in [0.15, 0.2) is 6.61 Å². The van der Waals surface area contributed by atoms with Crippen molar-refractivity contribution in [2.24, 2.45) is 23.2 Å². The molecule has 0 saturated heterocycles. The number of benzene rings is 3. The van der Waals surface area contributed by atoms with Crippen LogP contribution in [0.3, 0.4) is 0 Å². The number of alkyl halides is 2. The normalized spacial score (nSPS) is 25.8. The standard InChI is InChI=1S/C31H30F4O5S2/c32-24-6-10-27(11-7-24)41(26-4-2-1-3-5-26,28-12-8-25(33)9-13-28)40-42(37,38)31(34,35)20-39-29(36)30-17-21-14-22(18-30)16-23(15-21)19-30/h1-13,21-23H,14-20H2. The third kappa shape index (κ3) is 5.13. The summed E-state index contributed by atoms with van der Waals surface area (Å²) in [5, 5.41) is -4.61. The molecular formula is C31H30F4O5S2. The van der Waals surface area contributed by atoms with Crippen molar-refractivity contribution < 1.29 is 39.1 Å². The molecule has 0 atom stereocenters.